The van der Waals surface area contributed by atoms with Crippen molar-refractivity contribution in [3.63, 3.8) is 0 Å². The quantitative estimate of drug-likeness (QED) is 0.652. The van der Waals surface area contributed by atoms with E-state index < -0.39 is 0 Å². The van der Waals surface area contributed by atoms with E-state index in [0.29, 0.717) is 0 Å². The maximum atomic E-state index is 4.70. The summed E-state index contributed by atoms with van der Waals surface area (Å²) in [6, 6.07) is 0.172. The third-order valence-corrected chi connectivity index (χ3v) is 2.40. The Balaban J connectivity index is 2.36. The summed E-state index contributed by atoms with van der Waals surface area (Å²) in [7, 11) is 0. The van der Waals surface area contributed by atoms with Crippen LogP contribution in [0.2, 0.25) is 0 Å². The Hall–Kier alpha value is -0.360. The van der Waals surface area contributed by atoms with Gasteiger partial charge in [0.05, 0.1) is 0 Å². The second kappa shape index (κ2) is 2.35. The lowest BCUT2D eigenvalue weighted by Gasteiger charge is -2.09. The van der Waals surface area contributed by atoms with Crippen LogP contribution in [0.3, 0.4) is 0 Å². The maximum Gasteiger partial charge on any atom is 0.121 e. The van der Waals surface area contributed by atoms with Crippen LogP contribution >= 0.6 is 22.6 Å². The van der Waals surface area contributed by atoms with Gasteiger partial charge in [-0.1, -0.05) is 17.3 Å². The van der Waals surface area contributed by atoms with Gasteiger partial charge in [-0.2, -0.15) is 0 Å². The number of nitrogens with zero attached hydrogens (tertiary/aromatic N) is 1. The summed E-state index contributed by atoms with van der Waals surface area (Å²) < 4.78 is 1.20. The van der Waals surface area contributed by atoms with Crippen molar-refractivity contribution >= 4 is 28.3 Å². The molecule has 3 nitrogen and oxygen atoms in total. The van der Waals surface area contributed by atoms with E-state index in [1.54, 1.807) is 0 Å². The van der Waals surface area contributed by atoms with Crippen molar-refractivity contribution in [2.45, 2.75) is 6.04 Å². The number of oxime groups is 1. The third kappa shape index (κ3) is 0.873. The Morgan fingerprint density at radius 2 is 2.60 bits per heavy atom. The highest BCUT2D eigenvalue weighted by Gasteiger charge is 2.24. The minimum atomic E-state index is 0.172. The normalized spacial score (nSPS) is 28.7. The first-order valence-electron chi connectivity index (χ1n) is 2.91. The predicted molar refractivity (Wildman–Crippen MR) is 46.7 cm³/mol. The van der Waals surface area contributed by atoms with Crippen LogP contribution in [0.5, 0.6) is 0 Å². The molecule has 0 radical (unpaired) electrons. The number of allylic oxidation sites excluding steroid dienone is 2. The summed E-state index contributed by atoms with van der Waals surface area (Å²) in [6.07, 6.45) is 5.94. The van der Waals surface area contributed by atoms with Crippen molar-refractivity contribution in [3.05, 3.63) is 21.8 Å². The molecule has 52 valence electrons. The van der Waals surface area contributed by atoms with E-state index in [1.165, 1.54) is 3.58 Å². The monoisotopic (exact) mass is 248 g/mol. The van der Waals surface area contributed by atoms with Crippen LogP contribution in [0.15, 0.2) is 27.0 Å². The molecule has 0 saturated carbocycles. The fourth-order valence-electron chi connectivity index (χ4n) is 0.904. The van der Waals surface area contributed by atoms with Gasteiger partial charge in [-0.15, -0.1) is 5.48 Å². The van der Waals surface area contributed by atoms with Crippen molar-refractivity contribution in [3.8, 4) is 0 Å². The fourth-order valence-corrected chi connectivity index (χ4v) is 1.56. The van der Waals surface area contributed by atoms with E-state index in [4.69, 9.17) is 4.94 Å². The van der Waals surface area contributed by atoms with Crippen molar-refractivity contribution in [1.29, 1.82) is 0 Å². The van der Waals surface area contributed by atoms with Crippen molar-refractivity contribution in [1.82, 2.24) is 5.48 Å². The van der Waals surface area contributed by atoms with Gasteiger partial charge < -0.3 is 0 Å². The highest BCUT2D eigenvalue weighted by Crippen LogP contribution is 2.20. The second-order valence-electron chi connectivity index (χ2n) is 2.07. The number of hydroxylamine groups is 1. The number of fused-ring (bicyclic) bond motifs is 1. The van der Waals surface area contributed by atoms with E-state index in [9.17, 15) is 0 Å². The van der Waals surface area contributed by atoms with Gasteiger partial charge in [0.25, 0.3) is 0 Å². The fraction of sp³-hybridized carbons (Fsp3) is 0.167. The molecule has 1 heterocycles. The van der Waals surface area contributed by atoms with Crippen LogP contribution in [0.1, 0.15) is 0 Å². The smallest absolute Gasteiger partial charge is 0.121 e. The molecule has 0 bridgehead atoms. The summed E-state index contributed by atoms with van der Waals surface area (Å²) in [6.45, 7) is 0. The first-order chi connectivity index (χ1) is 4.88. The number of hydrogen-bond acceptors (Lipinski definition) is 3. The Morgan fingerprint density at radius 3 is 3.40 bits per heavy atom. The van der Waals surface area contributed by atoms with E-state index in [1.807, 2.05) is 18.2 Å². The maximum absolute atomic E-state index is 4.70. The van der Waals surface area contributed by atoms with Gasteiger partial charge in [0.15, 0.2) is 0 Å². The van der Waals surface area contributed by atoms with Crippen LogP contribution in [0.4, 0.5) is 0 Å². The van der Waals surface area contributed by atoms with Crippen molar-refractivity contribution in [2.24, 2.45) is 5.16 Å². The molecule has 0 aromatic heterocycles. The van der Waals surface area contributed by atoms with Gasteiger partial charge in [-0.05, 0) is 28.7 Å². The van der Waals surface area contributed by atoms with Gasteiger partial charge in [0, 0.05) is 3.58 Å². The molecule has 0 saturated heterocycles. The van der Waals surface area contributed by atoms with Gasteiger partial charge >= 0.3 is 0 Å². The summed E-state index contributed by atoms with van der Waals surface area (Å²) >= 11 is 2.26. The number of rotatable bonds is 0. The summed E-state index contributed by atoms with van der Waals surface area (Å²) in [5.41, 5.74) is 3.73. The molecule has 0 aromatic rings. The highest BCUT2D eigenvalue weighted by atomic mass is 127. The van der Waals surface area contributed by atoms with E-state index in [0.717, 1.165) is 5.71 Å². The summed E-state index contributed by atoms with van der Waals surface area (Å²) in [5.74, 6) is 0. The molecule has 1 atom stereocenters. The molecule has 0 fully saturated rings. The van der Waals surface area contributed by atoms with Crippen LogP contribution < -0.4 is 5.48 Å². The molecular formula is C6H5IN2O. The standard InChI is InChI=1S/C6H5IN2O/c7-4-2-1-3-5-6(4)9-10-8-5/h1-3,6,9H. The molecule has 2 aliphatic rings. The molecule has 1 N–H and O–H groups in total. The Labute approximate surface area is 71.9 Å². The first kappa shape index (κ1) is 6.36. The number of nitrogens with one attached hydrogen (secondary N) is 1. The van der Waals surface area contributed by atoms with E-state index >= 15 is 0 Å². The lowest BCUT2D eigenvalue weighted by atomic mass is 10.1. The first-order valence-corrected chi connectivity index (χ1v) is 3.99. The van der Waals surface area contributed by atoms with Gasteiger partial charge in [-0.25, -0.2) is 0 Å². The second-order valence-corrected chi connectivity index (χ2v) is 3.31. The zero-order valence-corrected chi connectivity index (χ0v) is 7.20. The highest BCUT2D eigenvalue weighted by molar-refractivity contribution is 14.1. The molecule has 1 aliphatic carbocycles. The third-order valence-electron chi connectivity index (χ3n) is 1.42. The molecule has 10 heavy (non-hydrogen) atoms. The molecule has 1 unspecified atom stereocenters. The van der Waals surface area contributed by atoms with Gasteiger partial charge in [0.2, 0.25) is 0 Å². The van der Waals surface area contributed by atoms with Gasteiger partial charge in [0.1, 0.15) is 11.8 Å². The summed E-state index contributed by atoms with van der Waals surface area (Å²) in [5, 5.41) is 3.78. The molecule has 2 rings (SSSR count). The Kier molecular flexibility index (Phi) is 1.50. The molecule has 4 heteroatoms. The zero-order chi connectivity index (χ0) is 6.97. The van der Waals surface area contributed by atoms with Crippen LogP contribution in [0, 0.1) is 0 Å². The molecule has 1 aliphatic heterocycles. The number of halogens is 1. The minimum Gasteiger partial charge on any atom is -0.298 e. The summed E-state index contributed by atoms with van der Waals surface area (Å²) in [4.78, 5) is 4.70. The molecule has 0 amide bonds. The average Bonchev–Trinajstić information content (AvgIpc) is 2.36. The number of hydrogen-bond donors (Lipinski definition) is 1. The Morgan fingerprint density at radius 1 is 1.70 bits per heavy atom. The zero-order valence-electron chi connectivity index (χ0n) is 5.04. The van der Waals surface area contributed by atoms with E-state index in [2.05, 4.69) is 33.2 Å². The van der Waals surface area contributed by atoms with Crippen LogP contribution in [-0.2, 0) is 4.94 Å². The van der Waals surface area contributed by atoms with Crippen LogP contribution in [0.25, 0.3) is 0 Å². The SMILES string of the molecule is IC1=CC=CC2=NONC12. The largest absolute Gasteiger partial charge is 0.298 e. The molecule has 0 spiro atoms. The van der Waals surface area contributed by atoms with Gasteiger partial charge in [-0.3, -0.25) is 4.94 Å². The van der Waals surface area contributed by atoms with Crippen molar-refractivity contribution in [2.75, 3.05) is 0 Å². The molecule has 0 aromatic carbocycles. The predicted octanol–water partition coefficient (Wildman–Crippen LogP) is 1.13. The average molecular weight is 248 g/mol. The Bertz CT molecular complexity index is 244. The topological polar surface area (TPSA) is 33.6 Å². The minimum absolute atomic E-state index is 0.172. The van der Waals surface area contributed by atoms with Crippen LogP contribution in [-0.4, -0.2) is 11.8 Å². The van der Waals surface area contributed by atoms with Crippen molar-refractivity contribution < 1.29 is 4.94 Å². The molecular weight excluding hydrogens is 243 g/mol. The van der Waals surface area contributed by atoms with E-state index in [-0.39, 0.29) is 6.04 Å². The lowest BCUT2D eigenvalue weighted by Crippen LogP contribution is -2.29. The lowest BCUT2D eigenvalue weighted by molar-refractivity contribution is 0.0669.